The molecule has 0 atom stereocenters. The summed E-state index contributed by atoms with van der Waals surface area (Å²) in [6.45, 7) is 5.26. The van der Waals surface area contributed by atoms with E-state index in [0.29, 0.717) is 11.7 Å². The highest BCUT2D eigenvalue weighted by atomic mass is 32.2. The van der Waals surface area contributed by atoms with Gasteiger partial charge in [0, 0.05) is 17.6 Å². The summed E-state index contributed by atoms with van der Waals surface area (Å²) in [5.41, 5.74) is 0.919. The van der Waals surface area contributed by atoms with E-state index in [9.17, 15) is 8.42 Å². The third-order valence-corrected chi connectivity index (χ3v) is 5.31. The zero-order chi connectivity index (χ0) is 15.5. The Labute approximate surface area is 128 Å². The molecule has 7 nitrogen and oxygen atoms in total. The second-order valence-electron chi connectivity index (χ2n) is 4.52. The summed E-state index contributed by atoms with van der Waals surface area (Å²) in [4.78, 5) is 5.46. The van der Waals surface area contributed by atoms with Crippen LogP contribution in [-0.4, -0.2) is 36.8 Å². The highest BCUT2D eigenvalue weighted by Gasteiger charge is 2.19. The van der Waals surface area contributed by atoms with Gasteiger partial charge in [0.15, 0.2) is 5.13 Å². The Hall–Kier alpha value is -1.45. The standard InChI is InChI=1S/C12H19N5O2S2/c1-4-11-9(2)20-12(15-11)16-21(18,19)10-7-14-17(8-10)6-5-13-3/h7-8,13H,4-6H2,1-3H3,(H,15,16). The van der Waals surface area contributed by atoms with Crippen molar-refractivity contribution in [2.24, 2.45) is 0 Å². The minimum absolute atomic E-state index is 0.143. The van der Waals surface area contributed by atoms with Crippen molar-refractivity contribution < 1.29 is 8.42 Å². The van der Waals surface area contributed by atoms with Gasteiger partial charge in [0.05, 0.1) is 18.4 Å². The van der Waals surface area contributed by atoms with Gasteiger partial charge in [-0.15, -0.1) is 11.3 Å². The maximum Gasteiger partial charge on any atom is 0.266 e. The first-order valence-corrected chi connectivity index (χ1v) is 8.92. The number of nitrogens with one attached hydrogen (secondary N) is 2. The van der Waals surface area contributed by atoms with Crippen molar-refractivity contribution in [2.75, 3.05) is 18.3 Å². The maximum atomic E-state index is 12.3. The average Bonchev–Trinajstić information content (AvgIpc) is 3.03. The molecule has 0 unspecified atom stereocenters. The molecule has 0 aliphatic heterocycles. The zero-order valence-corrected chi connectivity index (χ0v) is 13.9. The minimum Gasteiger partial charge on any atom is -0.318 e. The topological polar surface area (TPSA) is 88.9 Å². The summed E-state index contributed by atoms with van der Waals surface area (Å²) < 4.78 is 28.7. The monoisotopic (exact) mass is 329 g/mol. The fraction of sp³-hybridized carbons (Fsp3) is 0.500. The molecule has 2 aromatic heterocycles. The molecule has 2 rings (SSSR count). The normalized spacial score (nSPS) is 11.8. The van der Waals surface area contributed by atoms with Crippen LogP contribution in [0.3, 0.4) is 0 Å². The molecule has 0 aliphatic carbocycles. The Balaban J connectivity index is 2.15. The first-order valence-electron chi connectivity index (χ1n) is 6.62. The number of aryl methyl sites for hydroxylation is 2. The summed E-state index contributed by atoms with van der Waals surface area (Å²) in [6, 6.07) is 0. The van der Waals surface area contributed by atoms with E-state index in [1.807, 2.05) is 20.9 Å². The van der Waals surface area contributed by atoms with Gasteiger partial charge in [-0.1, -0.05) is 6.92 Å². The molecule has 0 amide bonds. The van der Waals surface area contributed by atoms with Gasteiger partial charge in [-0.05, 0) is 20.4 Å². The van der Waals surface area contributed by atoms with Crippen molar-refractivity contribution in [3.8, 4) is 0 Å². The lowest BCUT2D eigenvalue weighted by atomic mass is 10.3. The molecule has 2 heterocycles. The number of rotatable bonds is 7. The number of sulfonamides is 1. The predicted octanol–water partition coefficient (Wildman–Crippen LogP) is 1.23. The van der Waals surface area contributed by atoms with Crippen molar-refractivity contribution in [3.63, 3.8) is 0 Å². The average molecular weight is 329 g/mol. The van der Waals surface area contributed by atoms with Crippen LogP contribution in [0.5, 0.6) is 0 Å². The van der Waals surface area contributed by atoms with Crippen molar-refractivity contribution in [1.29, 1.82) is 0 Å². The maximum absolute atomic E-state index is 12.3. The van der Waals surface area contributed by atoms with Crippen LogP contribution in [-0.2, 0) is 23.0 Å². The van der Waals surface area contributed by atoms with Crippen molar-refractivity contribution in [2.45, 2.75) is 31.7 Å². The lowest BCUT2D eigenvalue weighted by molar-refractivity contribution is 0.582. The first-order chi connectivity index (χ1) is 9.96. The predicted molar refractivity (Wildman–Crippen MR) is 83.2 cm³/mol. The van der Waals surface area contributed by atoms with E-state index in [4.69, 9.17) is 0 Å². The Kier molecular flexibility index (Phi) is 4.96. The number of aromatic nitrogens is 3. The number of thiazole rings is 1. The van der Waals surface area contributed by atoms with Crippen molar-refractivity contribution in [3.05, 3.63) is 23.0 Å². The minimum atomic E-state index is -3.64. The molecule has 0 aromatic carbocycles. The van der Waals surface area contributed by atoms with Crippen molar-refractivity contribution in [1.82, 2.24) is 20.1 Å². The van der Waals surface area contributed by atoms with Crippen LogP contribution in [0.15, 0.2) is 17.3 Å². The molecule has 0 fully saturated rings. The van der Waals surface area contributed by atoms with Gasteiger partial charge in [0.25, 0.3) is 10.0 Å². The van der Waals surface area contributed by atoms with Gasteiger partial charge in [0.2, 0.25) is 0 Å². The Morgan fingerprint density at radius 2 is 2.19 bits per heavy atom. The van der Waals surface area contributed by atoms with E-state index in [1.54, 1.807) is 4.68 Å². The van der Waals surface area contributed by atoms with Gasteiger partial charge in [-0.2, -0.15) is 5.10 Å². The molecule has 0 spiro atoms. The summed E-state index contributed by atoms with van der Waals surface area (Å²) in [7, 11) is -1.80. The molecule has 116 valence electrons. The smallest absolute Gasteiger partial charge is 0.266 e. The van der Waals surface area contributed by atoms with E-state index in [-0.39, 0.29) is 4.90 Å². The van der Waals surface area contributed by atoms with E-state index in [1.165, 1.54) is 23.7 Å². The largest absolute Gasteiger partial charge is 0.318 e. The Morgan fingerprint density at radius 1 is 1.43 bits per heavy atom. The van der Waals surface area contributed by atoms with Crippen LogP contribution >= 0.6 is 11.3 Å². The molecule has 2 N–H and O–H groups in total. The molecule has 9 heteroatoms. The molecule has 0 radical (unpaired) electrons. The van der Waals surface area contributed by atoms with E-state index in [0.717, 1.165) is 23.5 Å². The summed E-state index contributed by atoms with van der Waals surface area (Å²) in [6.07, 6.45) is 3.64. The molecule has 0 saturated heterocycles. The van der Waals surface area contributed by atoms with Gasteiger partial charge >= 0.3 is 0 Å². The van der Waals surface area contributed by atoms with E-state index >= 15 is 0 Å². The number of hydrogen-bond acceptors (Lipinski definition) is 6. The molecule has 0 aliphatic rings. The van der Waals surface area contributed by atoms with Crippen LogP contribution < -0.4 is 10.0 Å². The van der Waals surface area contributed by atoms with Gasteiger partial charge in [-0.25, -0.2) is 13.4 Å². The third-order valence-electron chi connectivity index (χ3n) is 2.96. The van der Waals surface area contributed by atoms with Crippen LogP contribution in [0.2, 0.25) is 0 Å². The molecule has 2 aromatic rings. The first kappa shape index (κ1) is 15.9. The lowest BCUT2D eigenvalue weighted by Gasteiger charge is -2.02. The van der Waals surface area contributed by atoms with Crippen LogP contribution in [0.1, 0.15) is 17.5 Å². The molecule has 0 bridgehead atoms. The third kappa shape index (κ3) is 3.80. The SMILES string of the molecule is CCc1nc(NS(=O)(=O)c2cnn(CCNC)c2)sc1C. The van der Waals surface area contributed by atoms with Crippen LogP contribution in [0.4, 0.5) is 5.13 Å². The fourth-order valence-corrected chi connectivity index (χ4v) is 3.89. The molecular weight excluding hydrogens is 310 g/mol. The summed E-state index contributed by atoms with van der Waals surface area (Å²) >= 11 is 1.34. The number of anilines is 1. The Bertz CT molecular complexity index is 705. The molecule has 0 saturated carbocycles. The van der Waals surface area contributed by atoms with E-state index in [2.05, 4.69) is 20.1 Å². The van der Waals surface area contributed by atoms with Gasteiger partial charge in [0.1, 0.15) is 4.90 Å². The highest BCUT2D eigenvalue weighted by molar-refractivity contribution is 7.93. The summed E-state index contributed by atoms with van der Waals surface area (Å²) in [5.74, 6) is 0. The van der Waals surface area contributed by atoms with Crippen LogP contribution in [0, 0.1) is 6.92 Å². The number of likely N-dealkylation sites (N-methyl/N-ethyl adjacent to an activating group) is 1. The highest BCUT2D eigenvalue weighted by Crippen LogP contribution is 2.24. The number of hydrogen-bond donors (Lipinski definition) is 2. The second kappa shape index (κ2) is 6.54. The van der Waals surface area contributed by atoms with Crippen molar-refractivity contribution >= 4 is 26.5 Å². The molecular formula is C12H19N5O2S2. The van der Waals surface area contributed by atoms with E-state index < -0.39 is 10.0 Å². The fourth-order valence-electron chi connectivity index (χ4n) is 1.81. The zero-order valence-electron chi connectivity index (χ0n) is 12.3. The second-order valence-corrected chi connectivity index (χ2v) is 7.41. The van der Waals surface area contributed by atoms with Crippen LogP contribution in [0.25, 0.3) is 0 Å². The summed E-state index contributed by atoms with van der Waals surface area (Å²) in [5, 5.41) is 7.42. The lowest BCUT2D eigenvalue weighted by Crippen LogP contribution is -2.15. The van der Waals surface area contributed by atoms with Gasteiger partial charge in [-0.3, -0.25) is 9.40 Å². The Morgan fingerprint density at radius 3 is 2.81 bits per heavy atom. The molecule has 21 heavy (non-hydrogen) atoms. The van der Waals surface area contributed by atoms with Gasteiger partial charge < -0.3 is 5.32 Å². The quantitative estimate of drug-likeness (QED) is 0.797. The number of nitrogens with zero attached hydrogens (tertiary/aromatic N) is 3.